The zero-order chi connectivity index (χ0) is 26.8. The van der Waals surface area contributed by atoms with Crippen molar-refractivity contribution in [1.29, 1.82) is 0 Å². The van der Waals surface area contributed by atoms with E-state index in [1.54, 1.807) is 18.2 Å². The highest BCUT2D eigenvalue weighted by Crippen LogP contribution is 2.42. The van der Waals surface area contributed by atoms with E-state index in [0.717, 1.165) is 18.4 Å². The number of ketones is 1. The highest BCUT2D eigenvalue weighted by atomic mass is 16.6. The van der Waals surface area contributed by atoms with Crippen LogP contribution in [0.1, 0.15) is 35.6 Å². The molecule has 3 aromatic carbocycles. The van der Waals surface area contributed by atoms with Gasteiger partial charge in [-0.15, -0.1) is 0 Å². The topological polar surface area (TPSA) is 94.5 Å². The van der Waals surface area contributed by atoms with Crippen molar-refractivity contribution >= 4 is 17.4 Å². The second-order valence-electron chi connectivity index (χ2n) is 9.79. The molecule has 39 heavy (non-hydrogen) atoms. The van der Waals surface area contributed by atoms with Crippen LogP contribution >= 0.6 is 0 Å². The highest BCUT2D eigenvalue weighted by Gasteiger charge is 2.47. The van der Waals surface area contributed by atoms with Crippen molar-refractivity contribution in [3.63, 3.8) is 0 Å². The molecule has 6 rings (SSSR count). The predicted molar refractivity (Wildman–Crippen MR) is 143 cm³/mol. The summed E-state index contributed by atoms with van der Waals surface area (Å²) in [6, 6.07) is 21.4. The predicted octanol–water partition coefficient (Wildman–Crippen LogP) is 4.64. The van der Waals surface area contributed by atoms with E-state index in [0.29, 0.717) is 54.8 Å². The summed E-state index contributed by atoms with van der Waals surface area (Å²) >= 11 is 0. The summed E-state index contributed by atoms with van der Waals surface area (Å²) in [7, 11) is 0. The third-order valence-electron chi connectivity index (χ3n) is 7.22. The van der Waals surface area contributed by atoms with E-state index in [1.165, 1.54) is 4.90 Å². The van der Waals surface area contributed by atoms with E-state index in [4.69, 9.17) is 18.9 Å². The van der Waals surface area contributed by atoms with Crippen molar-refractivity contribution < 1.29 is 33.6 Å². The Labute approximate surface area is 226 Å². The lowest BCUT2D eigenvalue weighted by Crippen LogP contribution is -2.36. The summed E-state index contributed by atoms with van der Waals surface area (Å²) in [5.74, 6) is 0.0727. The number of benzene rings is 3. The Balaban J connectivity index is 1.34. The summed E-state index contributed by atoms with van der Waals surface area (Å²) in [6.07, 6.45) is 1.56. The Morgan fingerprint density at radius 3 is 2.44 bits per heavy atom. The number of fused-ring (bicyclic) bond motifs is 1. The van der Waals surface area contributed by atoms with Gasteiger partial charge in [0.15, 0.2) is 11.5 Å². The molecule has 3 aliphatic rings. The Morgan fingerprint density at radius 2 is 1.69 bits per heavy atom. The van der Waals surface area contributed by atoms with Gasteiger partial charge < -0.3 is 29.0 Å². The van der Waals surface area contributed by atoms with E-state index in [-0.39, 0.29) is 24.0 Å². The van der Waals surface area contributed by atoms with Gasteiger partial charge in [0.25, 0.3) is 11.7 Å². The number of nitrogens with zero attached hydrogens (tertiary/aromatic N) is 1. The van der Waals surface area contributed by atoms with E-state index < -0.39 is 17.7 Å². The number of amides is 1. The van der Waals surface area contributed by atoms with Crippen LogP contribution in [0.3, 0.4) is 0 Å². The molecule has 2 fully saturated rings. The quantitative estimate of drug-likeness (QED) is 0.272. The number of Topliss-reactive ketones (excluding diaryl/α,β-unsaturated/α-hetero) is 1. The highest BCUT2D eigenvalue weighted by molar-refractivity contribution is 6.46. The van der Waals surface area contributed by atoms with Crippen molar-refractivity contribution in [3.8, 4) is 17.2 Å². The Morgan fingerprint density at radius 1 is 0.923 bits per heavy atom. The first-order valence-electron chi connectivity index (χ1n) is 13.2. The van der Waals surface area contributed by atoms with Crippen LogP contribution in [0.25, 0.3) is 5.76 Å². The van der Waals surface area contributed by atoms with Crippen LogP contribution in [-0.2, 0) is 20.9 Å². The van der Waals surface area contributed by atoms with Gasteiger partial charge >= 0.3 is 0 Å². The molecular weight excluding hydrogens is 498 g/mol. The smallest absolute Gasteiger partial charge is 0.295 e. The van der Waals surface area contributed by atoms with Crippen molar-refractivity contribution in [2.24, 2.45) is 0 Å². The fraction of sp³-hybridized carbons (Fsp3) is 0.290. The lowest BCUT2D eigenvalue weighted by molar-refractivity contribution is -0.140. The van der Waals surface area contributed by atoms with Crippen LogP contribution in [-0.4, -0.2) is 54.2 Å². The number of hydrogen-bond donors (Lipinski definition) is 1. The molecule has 0 aromatic heterocycles. The Hall–Kier alpha value is -4.30. The number of aliphatic hydroxyl groups is 1. The second kappa shape index (κ2) is 10.8. The molecule has 3 aromatic rings. The molecule has 0 saturated carbocycles. The minimum atomic E-state index is -0.773. The Kier molecular flexibility index (Phi) is 6.94. The van der Waals surface area contributed by atoms with Crippen molar-refractivity contribution in [1.82, 2.24) is 4.90 Å². The molecule has 0 radical (unpaired) electrons. The van der Waals surface area contributed by atoms with Crippen LogP contribution in [0.5, 0.6) is 17.2 Å². The zero-order valence-electron chi connectivity index (χ0n) is 21.4. The average Bonchev–Trinajstić information content (AvgIpc) is 3.59. The number of rotatable bonds is 7. The van der Waals surface area contributed by atoms with Gasteiger partial charge in [0.2, 0.25) is 0 Å². The molecule has 3 heterocycles. The van der Waals surface area contributed by atoms with Crippen LogP contribution in [0.4, 0.5) is 0 Å². The fourth-order valence-electron chi connectivity index (χ4n) is 5.26. The van der Waals surface area contributed by atoms with Gasteiger partial charge in [-0.2, -0.15) is 0 Å². The first kappa shape index (κ1) is 25.0. The van der Waals surface area contributed by atoms with Gasteiger partial charge in [-0.25, -0.2) is 0 Å². The number of hydrogen-bond acceptors (Lipinski definition) is 7. The van der Waals surface area contributed by atoms with Crippen molar-refractivity contribution in [3.05, 3.63) is 95.1 Å². The molecule has 8 nitrogen and oxygen atoms in total. The lowest BCUT2D eigenvalue weighted by atomic mass is 9.95. The van der Waals surface area contributed by atoms with E-state index in [2.05, 4.69) is 0 Å². The second-order valence-corrected chi connectivity index (χ2v) is 9.79. The van der Waals surface area contributed by atoms with Gasteiger partial charge in [0, 0.05) is 18.7 Å². The summed E-state index contributed by atoms with van der Waals surface area (Å²) in [5, 5.41) is 11.4. The molecule has 0 bridgehead atoms. The number of carbonyl (C=O) groups excluding carboxylic acids is 2. The summed E-state index contributed by atoms with van der Waals surface area (Å²) < 4.78 is 23.0. The summed E-state index contributed by atoms with van der Waals surface area (Å²) in [4.78, 5) is 28.2. The lowest BCUT2D eigenvalue weighted by Gasteiger charge is -2.27. The molecule has 1 N–H and O–H groups in total. The molecule has 0 spiro atoms. The standard InChI is InChI=1S/C31H29NO7/c33-29(22-10-13-25-26(17-22)38-16-15-37-25)27-28(32(31(35)30(27)34)18-24-7-4-14-36-24)21-8-11-23(12-9-21)39-19-20-5-2-1-3-6-20/h1-3,5-6,8-13,17,24,28,33H,4,7,14-16,18-19H2. The summed E-state index contributed by atoms with van der Waals surface area (Å²) in [6.45, 7) is 2.14. The third-order valence-corrected chi connectivity index (χ3v) is 7.22. The number of carbonyl (C=O) groups is 2. The van der Waals surface area contributed by atoms with Crippen LogP contribution < -0.4 is 14.2 Å². The van der Waals surface area contributed by atoms with Gasteiger partial charge in [-0.3, -0.25) is 9.59 Å². The van der Waals surface area contributed by atoms with E-state index in [9.17, 15) is 14.7 Å². The molecule has 3 aliphatic heterocycles. The van der Waals surface area contributed by atoms with Gasteiger partial charge in [0.1, 0.15) is 31.3 Å². The number of ether oxygens (including phenoxy) is 4. The average molecular weight is 528 g/mol. The molecule has 2 saturated heterocycles. The normalized spacial score (nSPS) is 21.8. The maximum absolute atomic E-state index is 13.4. The molecule has 8 heteroatoms. The maximum atomic E-state index is 13.4. The minimum absolute atomic E-state index is 0.0348. The molecule has 2 atom stereocenters. The molecule has 2 unspecified atom stereocenters. The minimum Gasteiger partial charge on any atom is -0.507 e. The monoisotopic (exact) mass is 527 g/mol. The van der Waals surface area contributed by atoms with Crippen LogP contribution in [0.15, 0.2) is 78.4 Å². The maximum Gasteiger partial charge on any atom is 0.295 e. The van der Waals surface area contributed by atoms with Gasteiger partial charge in [-0.05, 0) is 54.3 Å². The first-order chi connectivity index (χ1) is 19.1. The van der Waals surface area contributed by atoms with Gasteiger partial charge in [-0.1, -0.05) is 42.5 Å². The van der Waals surface area contributed by atoms with Gasteiger partial charge in [0.05, 0.1) is 17.7 Å². The molecule has 0 aliphatic carbocycles. The molecule has 200 valence electrons. The van der Waals surface area contributed by atoms with Crippen molar-refractivity contribution in [2.45, 2.75) is 31.6 Å². The van der Waals surface area contributed by atoms with Crippen LogP contribution in [0.2, 0.25) is 0 Å². The van der Waals surface area contributed by atoms with Crippen molar-refractivity contribution in [2.75, 3.05) is 26.4 Å². The third kappa shape index (κ3) is 5.07. The number of aliphatic hydroxyl groups excluding tert-OH is 1. The Bertz CT molecular complexity index is 1390. The van der Waals surface area contributed by atoms with E-state index in [1.807, 2.05) is 54.6 Å². The number of likely N-dealkylation sites (tertiary alicyclic amines) is 1. The first-order valence-corrected chi connectivity index (χ1v) is 13.2. The summed E-state index contributed by atoms with van der Waals surface area (Å²) in [5.41, 5.74) is 2.15. The van der Waals surface area contributed by atoms with E-state index >= 15 is 0 Å². The molecular formula is C31H29NO7. The van der Waals surface area contributed by atoms with Crippen LogP contribution in [0, 0.1) is 0 Å². The zero-order valence-corrected chi connectivity index (χ0v) is 21.4. The molecule has 1 amide bonds. The fourth-order valence-corrected chi connectivity index (χ4v) is 5.26. The SMILES string of the molecule is O=C1C(=O)N(CC2CCCO2)C(c2ccc(OCc3ccccc3)cc2)C1=C(O)c1ccc2c(c1)OCCO2. The largest absolute Gasteiger partial charge is 0.507 e.